The van der Waals surface area contributed by atoms with Crippen LogP contribution in [0.2, 0.25) is 0 Å². The van der Waals surface area contributed by atoms with Gasteiger partial charge in [-0.25, -0.2) is 9.13 Å². The van der Waals surface area contributed by atoms with E-state index in [0.717, 1.165) is 31.6 Å². The van der Waals surface area contributed by atoms with Crippen LogP contribution in [0, 0.1) is 6.92 Å². The summed E-state index contributed by atoms with van der Waals surface area (Å²) in [5.74, 6) is 0.942. The van der Waals surface area contributed by atoms with E-state index in [1.54, 1.807) is 12.1 Å². The van der Waals surface area contributed by atoms with Crippen molar-refractivity contribution >= 4 is 11.6 Å². The van der Waals surface area contributed by atoms with Gasteiger partial charge < -0.3 is 0 Å². The standard InChI is InChI=1S/C20H25N2O2/c1-5-7-12-21-14(4)22(13(3)6-2)18-17(21)19(23)15-10-8-9-11-16(15)20(18)24/h8-11,13H,5-7,12H2,1-4H3/q+1. The number of imidazole rings is 1. The van der Waals surface area contributed by atoms with Crippen molar-refractivity contribution in [2.75, 3.05) is 0 Å². The summed E-state index contributed by atoms with van der Waals surface area (Å²) >= 11 is 0. The topological polar surface area (TPSA) is 43.0 Å². The summed E-state index contributed by atoms with van der Waals surface area (Å²) in [6, 6.07) is 7.35. The van der Waals surface area contributed by atoms with Crippen molar-refractivity contribution in [2.24, 2.45) is 0 Å². The number of nitrogens with zero attached hydrogens (tertiary/aromatic N) is 2. The third-order valence-electron chi connectivity index (χ3n) is 5.09. The van der Waals surface area contributed by atoms with Gasteiger partial charge in [-0.15, -0.1) is 0 Å². The van der Waals surface area contributed by atoms with Gasteiger partial charge in [-0.3, -0.25) is 9.59 Å². The number of unbranched alkanes of at least 4 members (excludes halogenated alkanes) is 1. The Morgan fingerprint density at radius 1 is 1.08 bits per heavy atom. The van der Waals surface area contributed by atoms with Crippen LogP contribution in [0.25, 0.3) is 0 Å². The van der Waals surface area contributed by atoms with Crippen LogP contribution in [0.1, 0.15) is 84.0 Å². The van der Waals surface area contributed by atoms with Crippen LogP contribution in [0.5, 0.6) is 0 Å². The van der Waals surface area contributed by atoms with Crippen LogP contribution in [-0.4, -0.2) is 16.1 Å². The Kier molecular flexibility index (Phi) is 4.39. The van der Waals surface area contributed by atoms with Gasteiger partial charge in [0.15, 0.2) is 0 Å². The molecular formula is C20H25N2O2+. The second-order valence-corrected chi connectivity index (χ2v) is 6.58. The summed E-state index contributed by atoms with van der Waals surface area (Å²) in [7, 11) is 0. The number of benzene rings is 1. The molecule has 24 heavy (non-hydrogen) atoms. The highest BCUT2D eigenvalue weighted by Crippen LogP contribution is 2.29. The smallest absolute Gasteiger partial charge is 0.254 e. The van der Waals surface area contributed by atoms with Gasteiger partial charge in [0.1, 0.15) is 0 Å². The molecule has 1 aromatic heterocycles. The highest BCUT2D eigenvalue weighted by molar-refractivity contribution is 6.26. The first-order valence-corrected chi connectivity index (χ1v) is 8.85. The minimum atomic E-state index is -0.0288. The van der Waals surface area contributed by atoms with E-state index in [1.165, 1.54) is 0 Å². The molecule has 3 rings (SSSR count). The zero-order valence-electron chi connectivity index (χ0n) is 14.9. The number of fused-ring (bicyclic) bond motifs is 2. The molecule has 0 amide bonds. The van der Waals surface area contributed by atoms with Crippen molar-refractivity contribution in [3.05, 3.63) is 52.6 Å². The fourth-order valence-corrected chi connectivity index (χ4v) is 3.59. The third-order valence-corrected chi connectivity index (χ3v) is 5.09. The maximum absolute atomic E-state index is 13.1. The molecule has 1 aromatic carbocycles. The number of carbonyl (C=O) groups is 2. The Hall–Kier alpha value is -2.23. The Morgan fingerprint density at radius 3 is 2.29 bits per heavy atom. The maximum atomic E-state index is 13.1. The van der Waals surface area contributed by atoms with E-state index < -0.39 is 0 Å². The van der Waals surface area contributed by atoms with E-state index in [9.17, 15) is 9.59 Å². The first kappa shape index (κ1) is 16.6. The monoisotopic (exact) mass is 325 g/mol. The van der Waals surface area contributed by atoms with Gasteiger partial charge in [-0.1, -0.05) is 44.5 Å². The van der Waals surface area contributed by atoms with Crippen LogP contribution in [-0.2, 0) is 6.54 Å². The van der Waals surface area contributed by atoms with Gasteiger partial charge >= 0.3 is 0 Å². The minimum absolute atomic E-state index is 0.0264. The number of aromatic nitrogens is 2. The number of carbonyl (C=O) groups excluding carboxylic acids is 2. The number of hydrogen-bond acceptors (Lipinski definition) is 2. The Balaban J connectivity index is 2.29. The average Bonchev–Trinajstić information content (AvgIpc) is 2.90. The summed E-state index contributed by atoms with van der Waals surface area (Å²) in [5.41, 5.74) is 2.20. The first-order valence-electron chi connectivity index (χ1n) is 8.85. The van der Waals surface area contributed by atoms with E-state index in [0.29, 0.717) is 22.5 Å². The fourth-order valence-electron chi connectivity index (χ4n) is 3.59. The lowest BCUT2D eigenvalue weighted by Crippen LogP contribution is -2.43. The van der Waals surface area contributed by atoms with E-state index in [4.69, 9.17) is 0 Å². The molecule has 2 aromatic rings. The predicted molar refractivity (Wildman–Crippen MR) is 92.6 cm³/mol. The van der Waals surface area contributed by atoms with E-state index in [-0.39, 0.29) is 17.6 Å². The molecule has 0 saturated heterocycles. The molecule has 0 spiro atoms. The van der Waals surface area contributed by atoms with Crippen LogP contribution in [0.3, 0.4) is 0 Å². The molecule has 0 bridgehead atoms. The summed E-state index contributed by atoms with van der Waals surface area (Å²) < 4.78 is 4.13. The maximum Gasteiger partial charge on any atom is 0.254 e. The third kappa shape index (κ3) is 2.32. The lowest BCUT2D eigenvalue weighted by Gasteiger charge is -2.14. The molecule has 1 unspecified atom stereocenters. The predicted octanol–water partition coefficient (Wildman–Crippen LogP) is 3.63. The molecule has 1 atom stereocenters. The normalized spacial score (nSPS) is 14.5. The van der Waals surface area contributed by atoms with Crippen molar-refractivity contribution in [1.82, 2.24) is 4.57 Å². The number of ketones is 2. The zero-order valence-corrected chi connectivity index (χ0v) is 14.9. The lowest BCUT2D eigenvalue weighted by atomic mass is 9.89. The molecule has 0 N–H and O–H groups in total. The first-order chi connectivity index (χ1) is 11.5. The minimum Gasteiger partial charge on any atom is -0.284 e. The van der Waals surface area contributed by atoms with Crippen molar-refractivity contribution in [1.29, 1.82) is 0 Å². The summed E-state index contributed by atoms with van der Waals surface area (Å²) in [4.78, 5) is 26.3. The largest absolute Gasteiger partial charge is 0.284 e. The Morgan fingerprint density at radius 2 is 1.71 bits per heavy atom. The van der Waals surface area contributed by atoms with E-state index >= 15 is 0 Å². The Bertz CT molecular complexity index is 817. The van der Waals surface area contributed by atoms with Crippen LogP contribution < -0.4 is 4.57 Å². The highest BCUT2D eigenvalue weighted by Gasteiger charge is 2.43. The molecule has 0 saturated carbocycles. The molecule has 4 heteroatoms. The molecular weight excluding hydrogens is 300 g/mol. The lowest BCUT2D eigenvalue weighted by molar-refractivity contribution is -0.704. The fraction of sp³-hybridized carbons (Fsp3) is 0.450. The van der Waals surface area contributed by atoms with Gasteiger partial charge in [-0.05, 0) is 19.8 Å². The van der Waals surface area contributed by atoms with Crippen molar-refractivity contribution in [3.63, 3.8) is 0 Å². The van der Waals surface area contributed by atoms with Gasteiger partial charge in [0.2, 0.25) is 23.0 Å². The number of rotatable bonds is 5. The van der Waals surface area contributed by atoms with Crippen molar-refractivity contribution in [2.45, 2.75) is 59.5 Å². The zero-order chi connectivity index (χ0) is 17.4. The van der Waals surface area contributed by atoms with E-state index in [1.807, 2.05) is 19.1 Å². The molecule has 126 valence electrons. The molecule has 1 aliphatic rings. The highest BCUT2D eigenvalue weighted by atomic mass is 16.1. The Labute approximate surface area is 143 Å². The van der Waals surface area contributed by atoms with Crippen molar-refractivity contribution in [3.8, 4) is 0 Å². The van der Waals surface area contributed by atoms with Crippen molar-refractivity contribution < 1.29 is 14.2 Å². The van der Waals surface area contributed by atoms with Gasteiger partial charge in [0, 0.05) is 18.1 Å². The van der Waals surface area contributed by atoms with Crippen LogP contribution in [0.4, 0.5) is 0 Å². The summed E-state index contributed by atoms with van der Waals surface area (Å²) in [6.45, 7) is 9.14. The molecule has 1 aliphatic carbocycles. The molecule has 1 heterocycles. The summed E-state index contributed by atoms with van der Waals surface area (Å²) in [5, 5.41) is 0. The van der Waals surface area contributed by atoms with E-state index in [2.05, 4.69) is 29.9 Å². The van der Waals surface area contributed by atoms with Gasteiger partial charge in [0.25, 0.3) is 5.82 Å². The SMILES string of the molecule is CCCC[n+]1c2c(n(C(C)CC)c1C)C(=O)c1ccccc1C2=O. The molecule has 0 fully saturated rings. The molecule has 4 nitrogen and oxygen atoms in total. The van der Waals surface area contributed by atoms with Gasteiger partial charge in [-0.2, -0.15) is 0 Å². The van der Waals surface area contributed by atoms with Crippen LogP contribution in [0.15, 0.2) is 24.3 Å². The second-order valence-electron chi connectivity index (χ2n) is 6.58. The second kappa shape index (κ2) is 6.34. The van der Waals surface area contributed by atoms with Crippen LogP contribution >= 0.6 is 0 Å². The summed E-state index contributed by atoms with van der Waals surface area (Å²) in [6.07, 6.45) is 2.96. The van der Waals surface area contributed by atoms with Gasteiger partial charge in [0.05, 0.1) is 12.6 Å². The number of hydrogen-bond donors (Lipinski definition) is 0. The average molecular weight is 325 g/mol. The quantitative estimate of drug-likeness (QED) is 0.672. The molecule has 0 radical (unpaired) electrons. The molecule has 0 aliphatic heterocycles.